The number of hydrogen-bond acceptors (Lipinski definition) is 8. The molecule has 4 fully saturated rings. The Kier molecular flexibility index (Phi) is 7.19. The van der Waals surface area contributed by atoms with Gasteiger partial charge in [0.2, 0.25) is 11.8 Å². The number of hydrogen-bond donors (Lipinski definition) is 4. The lowest BCUT2D eigenvalue weighted by molar-refractivity contribution is -0.160. The van der Waals surface area contributed by atoms with Crippen molar-refractivity contribution in [3.8, 4) is 0 Å². The molecule has 11 heteroatoms. The van der Waals surface area contributed by atoms with Gasteiger partial charge in [-0.05, 0) is 37.8 Å². The van der Waals surface area contributed by atoms with Gasteiger partial charge in [0.25, 0.3) is 0 Å². The maximum atomic E-state index is 13.1. The largest absolute Gasteiger partial charge is 0.477 e. The van der Waals surface area contributed by atoms with Crippen LogP contribution in [0, 0.1) is 23.7 Å². The van der Waals surface area contributed by atoms with Gasteiger partial charge in [0, 0.05) is 54.6 Å². The molecule has 10 nitrogen and oxygen atoms in total. The molecule has 5 aliphatic rings. The van der Waals surface area contributed by atoms with E-state index in [-0.39, 0.29) is 64.4 Å². The van der Waals surface area contributed by atoms with Crippen molar-refractivity contribution >= 4 is 35.3 Å². The van der Waals surface area contributed by atoms with Crippen molar-refractivity contribution in [2.45, 2.75) is 62.9 Å². The summed E-state index contributed by atoms with van der Waals surface area (Å²) in [6, 6.07) is -0.482. The molecule has 0 spiro atoms. The van der Waals surface area contributed by atoms with Gasteiger partial charge in [-0.15, -0.1) is 11.8 Å². The number of amides is 2. The van der Waals surface area contributed by atoms with E-state index in [1.54, 1.807) is 0 Å². The number of rotatable bonds is 9. The lowest BCUT2D eigenvalue weighted by Gasteiger charge is -2.47. The first-order valence-corrected chi connectivity index (χ1v) is 14.0. The van der Waals surface area contributed by atoms with E-state index in [4.69, 9.17) is 5.73 Å². The molecular weight excluding hydrogens is 482 g/mol. The molecule has 5 aliphatic heterocycles. The van der Waals surface area contributed by atoms with Crippen LogP contribution in [0.25, 0.3) is 0 Å². The number of carbonyl (C=O) groups excluding carboxylic acids is 3. The van der Waals surface area contributed by atoms with E-state index in [0.29, 0.717) is 49.7 Å². The summed E-state index contributed by atoms with van der Waals surface area (Å²) < 4.78 is 0. The van der Waals surface area contributed by atoms with E-state index in [1.165, 1.54) is 16.7 Å². The van der Waals surface area contributed by atoms with Crippen LogP contribution >= 0.6 is 11.8 Å². The van der Waals surface area contributed by atoms with Gasteiger partial charge in [0.1, 0.15) is 11.5 Å². The number of likely N-dealkylation sites (tertiary alicyclic amines) is 1. The Labute approximate surface area is 215 Å². The van der Waals surface area contributed by atoms with Gasteiger partial charge < -0.3 is 31.3 Å². The molecule has 1 unspecified atom stereocenters. The highest BCUT2D eigenvalue weighted by Crippen LogP contribution is 2.53. The molecule has 36 heavy (non-hydrogen) atoms. The average molecular weight is 520 g/mol. The Bertz CT molecular complexity index is 984. The Morgan fingerprint density at radius 2 is 2.00 bits per heavy atom. The summed E-state index contributed by atoms with van der Waals surface area (Å²) in [5.41, 5.74) is 6.04. The van der Waals surface area contributed by atoms with Crippen LogP contribution in [0.2, 0.25) is 0 Å². The van der Waals surface area contributed by atoms with Crippen LogP contribution in [0.1, 0.15) is 39.5 Å². The molecule has 0 aromatic rings. The summed E-state index contributed by atoms with van der Waals surface area (Å²) in [4.78, 5) is 54.8. The van der Waals surface area contributed by atoms with Gasteiger partial charge in [-0.1, -0.05) is 13.8 Å². The molecule has 0 aromatic carbocycles. The lowest BCUT2D eigenvalue weighted by atomic mass is 9.73. The van der Waals surface area contributed by atoms with E-state index in [0.717, 1.165) is 19.5 Å². The van der Waals surface area contributed by atoms with E-state index in [2.05, 4.69) is 10.6 Å². The number of ketones is 1. The first-order valence-electron chi connectivity index (χ1n) is 13.1. The van der Waals surface area contributed by atoms with E-state index >= 15 is 0 Å². The van der Waals surface area contributed by atoms with E-state index < -0.39 is 5.97 Å². The van der Waals surface area contributed by atoms with Crippen LogP contribution in [-0.2, 0) is 19.2 Å². The molecule has 0 bridgehead atoms. The van der Waals surface area contributed by atoms with Gasteiger partial charge in [0.15, 0.2) is 0 Å². The lowest BCUT2D eigenvalue weighted by Crippen LogP contribution is -2.62. The van der Waals surface area contributed by atoms with Crippen molar-refractivity contribution in [1.82, 2.24) is 20.4 Å². The second-order valence-electron chi connectivity index (χ2n) is 11.2. The first-order chi connectivity index (χ1) is 17.2. The van der Waals surface area contributed by atoms with Crippen LogP contribution < -0.4 is 16.4 Å². The fourth-order valence-corrected chi connectivity index (χ4v) is 8.00. The molecule has 2 amide bonds. The third kappa shape index (κ3) is 4.59. The van der Waals surface area contributed by atoms with Gasteiger partial charge >= 0.3 is 5.97 Å². The zero-order valence-corrected chi connectivity index (χ0v) is 21.8. The monoisotopic (exact) mass is 519 g/mol. The summed E-state index contributed by atoms with van der Waals surface area (Å²) in [5.74, 6) is -1.23. The molecule has 198 valence electrons. The van der Waals surface area contributed by atoms with Crippen LogP contribution in [0.3, 0.4) is 0 Å². The molecule has 5 heterocycles. The summed E-state index contributed by atoms with van der Waals surface area (Å²) >= 11 is 1.49. The zero-order valence-electron chi connectivity index (χ0n) is 20.9. The van der Waals surface area contributed by atoms with E-state index in [9.17, 15) is 24.3 Å². The molecule has 0 radical (unpaired) electrons. The Morgan fingerprint density at radius 1 is 1.25 bits per heavy atom. The zero-order chi connectivity index (χ0) is 25.7. The number of nitrogens with one attached hydrogen (secondary N) is 2. The second kappa shape index (κ2) is 10.1. The number of nitrogens with zero attached hydrogens (tertiary/aromatic N) is 2. The first kappa shape index (κ1) is 25.7. The predicted molar refractivity (Wildman–Crippen MR) is 135 cm³/mol. The minimum absolute atomic E-state index is 0.0334. The molecular formula is C25H37N5O5S. The fraction of sp³-hybridized carbons (Fsp3) is 0.760. The molecule has 0 aromatic heterocycles. The standard InChI is InChI=1S/C25H37N5O5S/c1-12(5-16(31)6-14-8-27-9-14)19-20-13(2)22(21(25(34)35)30(20)24(19)33)36-17-7-18(28-10-17)23(32)29-4-3-15(26)11-29/h12-15,17-20,27-28H,3-11,26H2,1-2H3,(H,34,35)/t12-,13+,15+,17-,18?,19+,20+/m0/s1. The summed E-state index contributed by atoms with van der Waals surface area (Å²) in [6.07, 6.45) is 2.32. The van der Waals surface area contributed by atoms with Crippen molar-refractivity contribution in [3.63, 3.8) is 0 Å². The average Bonchev–Trinajstić information content (AvgIpc) is 3.49. The molecule has 7 atom stereocenters. The highest BCUT2D eigenvalue weighted by atomic mass is 32.2. The molecule has 0 saturated carbocycles. The molecule has 5 N–H and O–H groups in total. The Morgan fingerprint density at radius 3 is 2.61 bits per heavy atom. The summed E-state index contributed by atoms with van der Waals surface area (Å²) in [5, 5.41) is 16.5. The third-order valence-electron chi connectivity index (χ3n) is 8.56. The number of carbonyl (C=O) groups is 4. The van der Waals surface area contributed by atoms with Crippen LogP contribution in [0.4, 0.5) is 0 Å². The van der Waals surface area contributed by atoms with Crippen LogP contribution in [-0.4, -0.2) is 94.6 Å². The smallest absolute Gasteiger partial charge is 0.353 e. The maximum absolute atomic E-state index is 13.1. The SMILES string of the molecule is C[C@@H](CC(=O)CC1CNC1)[C@H]1C(=O)N2C(C(=O)O)=C(S[C@@H]3CNC(C(=O)N4CC[C@@H](N)C4)C3)[C@H](C)[C@H]12. The number of β-lactam (4-membered cyclic amide) rings is 1. The minimum atomic E-state index is -1.09. The number of Topliss-reactive ketones (excluding diaryl/α,β-unsaturated/α-hetero) is 1. The number of carboxylic acids is 1. The summed E-state index contributed by atoms with van der Waals surface area (Å²) in [7, 11) is 0. The van der Waals surface area contributed by atoms with Crippen molar-refractivity contribution in [2.24, 2.45) is 29.4 Å². The number of carboxylic acid groups (broad SMARTS) is 1. The molecule has 4 saturated heterocycles. The Hall–Kier alpha value is -1.95. The highest BCUT2D eigenvalue weighted by molar-refractivity contribution is 8.03. The number of thioether (sulfide) groups is 1. The van der Waals surface area contributed by atoms with E-state index in [1.807, 2.05) is 18.7 Å². The van der Waals surface area contributed by atoms with Gasteiger partial charge in [-0.2, -0.15) is 0 Å². The number of aliphatic carboxylic acids is 1. The summed E-state index contributed by atoms with van der Waals surface area (Å²) in [6.45, 7) is 7.54. The quantitative estimate of drug-likeness (QED) is 0.309. The topological polar surface area (TPSA) is 145 Å². The van der Waals surface area contributed by atoms with Gasteiger partial charge in [-0.3, -0.25) is 14.4 Å². The maximum Gasteiger partial charge on any atom is 0.353 e. The number of fused-ring (bicyclic) bond motifs is 1. The fourth-order valence-electron chi connectivity index (χ4n) is 6.52. The van der Waals surface area contributed by atoms with Crippen LogP contribution in [0.15, 0.2) is 10.6 Å². The highest BCUT2D eigenvalue weighted by Gasteiger charge is 2.60. The molecule has 0 aliphatic carbocycles. The normalized spacial score (nSPS) is 35.0. The van der Waals surface area contributed by atoms with Crippen LogP contribution in [0.5, 0.6) is 0 Å². The predicted octanol–water partition coefficient (Wildman–Crippen LogP) is -0.0126. The van der Waals surface area contributed by atoms with Crippen molar-refractivity contribution < 1.29 is 24.3 Å². The second-order valence-corrected chi connectivity index (χ2v) is 12.6. The van der Waals surface area contributed by atoms with Crippen molar-refractivity contribution in [3.05, 3.63) is 10.6 Å². The number of nitrogens with two attached hydrogens (primary N) is 1. The third-order valence-corrected chi connectivity index (χ3v) is 10.1. The Balaban J connectivity index is 1.23. The van der Waals surface area contributed by atoms with Crippen molar-refractivity contribution in [2.75, 3.05) is 32.7 Å². The van der Waals surface area contributed by atoms with Gasteiger partial charge in [0.05, 0.1) is 18.0 Å². The molecule has 5 rings (SSSR count). The minimum Gasteiger partial charge on any atom is -0.477 e. The van der Waals surface area contributed by atoms with Crippen molar-refractivity contribution in [1.29, 1.82) is 0 Å². The van der Waals surface area contributed by atoms with Gasteiger partial charge in [-0.25, -0.2) is 4.79 Å².